The van der Waals surface area contributed by atoms with Crippen molar-refractivity contribution in [2.24, 2.45) is 5.41 Å². The number of carbonyl (C=O) groups excluding carboxylic acids is 2. The van der Waals surface area contributed by atoms with Gasteiger partial charge >= 0.3 is 5.97 Å². The first kappa shape index (κ1) is 19.6. The zero-order valence-corrected chi connectivity index (χ0v) is 17.2. The average molecular weight is 405 g/mol. The van der Waals surface area contributed by atoms with E-state index in [-0.39, 0.29) is 23.4 Å². The maximum atomic E-state index is 12.6. The fourth-order valence-electron chi connectivity index (χ4n) is 4.50. The van der Waals surface area contributed by atoms with Gasteiger partial charge in [-0.3, -0.25) is 14.5 Å². The molecule has 4 heterocycles. The molecule has 8 heteroatoms. The van der Waals surface area contributed by atoms with Crippen molar-refractivity contribution in [3.05, 3.63) is 18.0 Å². The molecular formula is C20H28N4O3S. The highest BCUT2D eigenvalue weighted by Gasteiger charge is 2.51. The normalized spacial score (nSPS) is 24.7. The number of piperidine rings is 1. The van der Waals surface area contributed by atoms with Gasteiger partial charge in [0.1, 0.15) is 6.10 Å². The van der Waals surface area contributed by atoms with Crippen LogP contribution in [0.4, 0.5) is 0 Å². The number of nitrogens with zero attached hydrogens (tertiary/aromatic N) is 4. The summed E-state index contributed by atoms with van der Waals surface area (Å²) in [5, 5.41) is 0.631. The molecular weight excluding hydrogens is 376 g/mol. The van der Waals surface area contributed by atoms with Crippen molar-refractivity contribution in [2.75, 3.05) is 38.5 Å². The Morgan fingerprint density at radius 3 is 2.75 bits per heavy atom. The maximum Gasteiger partial charge on any atom is 0.312 e. The summed E-state index contributed by atoms with van der Waals surface area (Å²) in [5.74, 6) is 0.370. The van der Waals surface area contributed by atoms with Gasteiger partial charge in [0.25, 0.3) is 0 Å². The van der Waals surface area contributed by atoms with Crippen LogP contribution in [0.15, 0.2) is 17.4 Å². The number of thioether (sulfide) groups is 1. The van der Waals surface area contributed by atoms with E-state index in [1.807, 2.05) is 17.9 Å². The first-order chi connectivity index (χ1) is 13.5. The van der Waals surface area contributed by atoms with Crippen LogP contribution >= 0.6 is 11.8 Å². The standard InChI is InChI=1S/C20H28N4O3S/c1-15-4-7-21-19(22-15)28-14-17(25)24-10-5-20(6-11-24)12-16(27-18(20)26)13-23-8-2-3-9-23/h4,7,16H,2-3,5-6,8-14H2,1H3. The molecule has 152 valence electrons. The number of hydrogen-bond acceptors (Lipinski definition) is 7. The molecule has 1 aromatic rings. The highest BCUT2D eigenvalue weighted by molar-refractivity contribution is 7.99. The van der Waals surface area contributed by atoms with Crippen LogP contribution in [0.5, 0.6) is 0 Å². The molecule has 0 radical (unpaired) electrons. The van der Waals surface area contributed by atoms with Crippen molar-refractivity contribution in [1.29, 1.82) is 0 Å². The molecule has 0 N–H and O–H groups in total. The topological polar surface area (TPSA) is 75.6 Å². The van der Waals surface area contributed by atoms with Crippen LogP contribution < -0.4 is 0 Å². The second-order valence-electron chi connectivity index (χ2n) is 8.17. The van der Waals surface area contributed by atoms with E-state index in [0.29, 0.717) is 36.8 Å². The summed E-state index contributed by atoms with van der Waals surface area (Å²) in [7, 11) is 0. The van der Waals surface area contributed by atoms with Gasteiger partial charge < -0.3 is 9.64 Å². The largest absolute Gasteiger partial charge is 0.461 e. The van der Waals surface area contributed by atoms with E-state index < -0.39 is 0 Å². The van der Waals surface area contributed by atoms with Crippen molar-refractivity contribution in [2.45, 2.75) is 50.3 Å². The van der Waals surface area contributed by atoms with Crippen molar-refractivity contribution < 1.29 is 14.3 Å². The third kappa shape index (κ3) is 4.33. The molecule has 4 rings (SSSR count). The molecule has 0 aromatic carbocycles. The van der Waals surface area contributed by atoms with E-state index in [2.05, 4.69) is 14.9 Å². The van der Waals surface area contributed by atoms with Crippen LogP contribution in [0.3, 0.4) is 0 Å². The first-order valence-electron chi connectivity index (χ1n) is 10.2. The van der Waals surface area contributed by atoms with Gasteiger partial charge in [0, 0.05) is 37.9 Å². The SMILES string of the molecule is Cc1ccnc(SCC(=O)N2CCC3(CC2)CC(CN2CCCC2)OC3=O)n1. The lowest BCUT2D eigenvalue weighted by molar-refractivity contribution is -0.152. The Labute approximate surface area is 170 Å². The molecule has 1 amide bonds. The van der Waals surface area contributed by atoms with Crippen molar-refractivity contribution >= 4 is 23.6 Å². The van der Waals surface area contributed by atoms with Crippen LogP contribution in [0.2, 0.25) is 0 Å². The monoisotopic (exact) mass is 404 g/mol. The second-order valence-corrected chi connectivity index (χ2v) is 9.11. The van der Waals surface area contributed by atoms with Crippen molar-refractivity contribution in [1.82, 2.24) is 19.8 Å². The van der Waals surface area contributed by atoms with Crippen LogP contribution in [-0.2, 0) is 14.3 Å². The molecule has 7 nitrogen and oxygen atoms in total. The highest BCUT2D eigenvalue weighted by atomic mass is 32.2. The Morgan fingerprint density at radius 2 is 2.04 bits per heavy atom. The molecule has 3 aliphatic heterocycles. The number of aryl methyl sites for hydroxylation is 1. The lowest BCUT2D eigenvalue weighted by Gasteiger charge is -2.36. The fraction of sp³-hybridized carbons (Fsp3) is 0.700. The number of carbonyl (C=O) groups is 2. The maximum absolute atomic E-state index is 12.6. The number of esters is 1. The zero-order chi connectivity index (χ0) is 19.6. The highest BCUT2D eigenvalue weighted by Crippen LogP contribution is 2.43. The summed E-state index contributed by atoms with van der Waals surface area (Å²) in [4.78, 5) is 37.9. The number of likely N-dealkylation sites (tertiary alicyclic amines) is 2. The Kier molecular flexibility index (Phi) is 5.87. The van der Waals surface area contributed by atoms with Gasteiger partial charge in [0.2, 0.25) is 5.91 Å². The summed E-state index contributed by atoms with van der Waals surface area (Å²) in [5.41, 5.74) is 0.515. The molecule has 0 bridgehead atoms. The lowest BCUT2D eigenvalue weighted by Crippen LogP contribution is -2.45. The molecule has 1 atom stereocenters. The van der Waals surface area contributed by atoms with Gasteiger partial charge in [-0.05, 0) is 51.8 Å². The van der Waals surface area contributed by atoms with Crippen molar-refractivity contribution in [3.63, 3.8) is 0 Å². The third-order valence-electron chi connectivity index (χ3n) is 6.16. The van der Waals surface area contributed by atoms with Crippen molar-refractivity contribution in [3.8, 4) is 0 Å². The fourth-order valence-corrected chi connectivity index (χ4v) is 5.28. The number of rotatable bonds is 5. The summed E-state index contributed by atoms with van der Waals surface area (Å²) in [6.45, 7) is 6.26. The lowest BCUT2D eigenvalue weighted by atomic mass is 9.76. The zero-order valence-electron chi connectivity index (χ0n) is 16.4. The summed E-state index contributed by atoms with van der Waals surface area (Å²) < 4.78 is 5.72. The van der Waals surface area contributed by atoms with Crippen LogP contribution in [0.25, 0.3) is 0 Å². The quantitative estimate of drug-likeness (QED) is 0.421. The van der Waals surface area contributed by atoms with Gasteiger partial charge in [-0.2, -0.15) is 0 Å². The number of amides is 1. The van der Waals surface area contributed by atoms with Crippen LogP contribution in [0.1, 0.15) is 37.8 Å². The number of cyclic esters (lactones) is 1. The minimum absolute atomic E-state index is 0.0156. The smallest absolute Gasteiger partial charge is 0.312 e. The number of aromatic nitrogens is 2. The molecule has 1 spiro atoms. The third-order valence-corrected chi connectivity index (χ3v) is 7.00. The van der Waals surface area contributed by atoms with E-state index >= 15 is 0 Å². The molecule has 28 heavy (non-hydrogen) atoms. The summed E-state index contributed by atoms with van der Waals surface area (Å²) in [6, 6.07) is 1.84. The average Bonchev–Trinajstić information content (AvgIpc) is 3.29. The predicted octanol–water partition coefficient (Wildman–Crippen LogP) is 1.90. The first-order valence-corrected chi connectivity index (χ1v) is 11.2. The van der Waals surface area contributed by atoms with Crippen LogP contribution in [0, 0.1) is 12.3 Å². The van der Waals surface area contributed by atoms with E-state index in [1.165, 1.54) is 24.6 Å². The van der Waals surface area contributed by atoms with Gasteiger partial charge in [-0.25, -0.2) is 9.97 Å². The van der Waals surface area contributed by atoms with E-state index in [0.717, 1.165) is 31.7 Å². The summed E-state index contributed by atoms with van der Waals surface area (Å²) in [6.07, 6.45) is 6.43. The molecule has 1 unspecified atom stereocenters. The van der Waals surface area contributed by atoms with Gasteiger partial charge in [0.15, 0.2) is 5.16 Å². The van der Waals surface area contributed by atoms with Crippen LogP contribution in [-0.4, -0.2) is 76.2 Å². The second kappa shape index (κ2) is 8.37. The molecule has 3 fully saturated rings. The number of hydrogen-bond donors (Lipinski definition) is 0. The Balaban J connectivity index is 1.26. The predicted molar refractivity (Wildman–Crippen MR) is 106 cm³/mol. The Morgan fingerprint density at radius 1 is 1.29 bits per heavy atom. The van der Waals surface area contributed by atoms with Gasteiger partial charge in [-0.15, -0.1) is 0 Å². The minimum atomic E-state index is -0.381. The Hall–Kier alpha value is -1.67. The van der Waals surface area contributed by atoms with E-state index in [4.69, 9.17) is 4.74 Å². The molecule has 0 saturated carbocycles. The van der Waals surface area contributed by atoms with Gasteiger partial charge in [0.05, 0.1) is 11.2 Å². The molecule has 3 saturated heterocycles. The Bertz CT molecular complexity index is 730. The molecule has 3 aliphatic rings. The molecule has 1 aromatic heterocycles. The summed E-state index contributed by atoms with van der Waals surface area (Å²) >= 11 is 1.37. The molecule has 0 aliphatic carbocycles. The van der Waals surface area contributed by atoms with Gasteiger partial charge in [-0.1, -0.05) is 11.8 Å². The number of ether oxygens (including phenoxy) is 1. The van der Waals surface area contributed by atoms with E-state index in [1.54, 1.807) is 6.20 Å². The minimum Gasteiger partial charge on any atom is -0.461 e. The van der Waals surface area contributed by atoms with E-state index in [9.17, 15) is 9.59 Å².